The fraction of sp³-hybridized carbons (Fsp3) is 0.500. The van der Waals surface area contributed by atoms with Gasteiger partial charge in [-0.15, -0.1) is 0 Å². The Kier molecular flexibility index (Phi) is 3.87. The number of nitrogens with two attached hydrogens (primary N) is 1. The maximum Gasteiger partial charge on any atom is 0.226 e. The zero-order chi connectivity index (χ0) is 13.1. The van der Waals surface area contributed by atoms with Crippen LogP contribution in [-0.2, 0) is 11.2 Å². The van der Waals surface area contributed by atoms with Crippen LogP contribution in [0.25, 0.3) is 0 Å². The number of rotatable bonds is 4. The fourth-order valence-electron chi connectivity index (χ4n) is 2.28. The van der Waals surface area contributed by atoms with E-state index in [0.717, 1.165) is 24.9 Å². The molecule has 4 heteroatoms. The van der Waals surface area contributed by atoms with E-state index >= 15 is 0 Å². The van der Waals surface area contributed by atoms with Gasteiger partial charge in [-0.25, -0.2) is 0 Å². The number of carbonyl (C=O) groups is 1. The average molecular weight is 248 g/mol. The maximum atomic E-state index is 12.0. The molecule has 4 nitrogen and oxygen atoms in total. The van der Waals surface area contributed by atoms with Crippen LogP contribution in [0.2, 0.25) is 0 Å². The minimum absolute atomic E-state index is 0.112. The second kappa shape index (κ2) is 5.40. The van der Waals surface area contributed by atoms with E-state index in [9.17, 15) is 9.90 Å². The van der Waals surface area contributed by atoms with Crippen LogP contribution in [0, 0.1) is 5.92 Å². The van der Waals surface area contributed by atoms with E-state index in [0.29, 0.717) is 18.0 Å². The van der Waals surface area contributed by atoms with Gasteiger partial charge < -0.3 is 15.7 Å². The molecule has 1 fully saturated rings. The van der Waals surface area contributed by atoms with Crippen LogP contribution in [0.3, 0.4) is 0 Å². The number of anilines is 1. The summed E-state index contributed by atoms with van der Waals surface area (Å²) in [5.41, 5.74) is 7.30. The molecular weight excluding hydrogens is 228 g/mol. The quantitative estimate of drug-likeness (QED) is 0.782. The summed E-state index contributed by atoms with van der Waals surface area (Å²) in [5.74, 6) is 0.571. The Bertz CT molecular complexity index is 410. The third-order valence-electron chi connectivity index (χ3n) is 3.50. The van der Waals surface area contributed by atoms with Gasteiger partial charge in [0.05, 0.1) is 12.5 Å². The molecule has 0 saturated heterocycles. The van der Waals surface area contributed by atoms with E-state index in [1.54, 1.807) is 4.90 Å². The number of amides is 1. The molecule has 0 radical (unpaired) electrons. The highest BCUT2D eigenvalue weighted by atomic mass is 16.3. The molecule has 0 heterocycles. The van der Waals surface area contributed by atoms with Crippen molar-refractivity contribution in [2.45, 2.75) is 25.4 Å². The first kappa shape index (κ1) is 12.9. The summed E-state index contributed by atoms with van der Waals surface area (Å²) in [6.45, 7) is 0.741. The molecule has 0 aliphatic heterocycles. The standard InChI is InChI=1S/C14H20N2O2/c1-16(9-11-6-13(17)7-11)14(18)8-10-2-4-12(15)5-3-10/h2-5,11,13,17H,6-9,15H2,1H3. The lowest BCUT2D eigenvalue weighted by molar-refractivity contribution is -0.130. The molecule has 0 unspecified atom stereocenters. The second-order valence-corrected chi connectivity index (χ2v) is 5.18. The van der Waals surface area contributed by atoms with Gasteiger partial charge in [0.1, 0.15) is 0 Å². The van der Waals surface area contributed by atoms with E-state index in [1.807, 2.05) is 31.3 Å². The van der Waals surface area contributed by atoms with Gasteiger partial charge in [0.2, 0.25) is 5.91 Å². The molecule has 1 aromatic rings. The van der Waals surface area contributed by atoms with Crippen LogP contribution in [0.4, 0.5) is 5.69 Å². The number of carbonyl (C=O) groups excluding carboxylic acids is 1. The van der Waals surface area contributed by atoms with Crippen molar-refractivity contribution in [3.8, 4) is 0 Å². The second-order valence-electron chi connectivity index (χ2n) is 5.18. The van der Waals surface area contributed by atoms with E-state index in [2.05, 4.69) is 0 Å². The summed E-state index contributed by atoms with van der Waals surface area (Å²) in [4.78, 5) is 13.7. The molecule has 0 bridgehead atoms. The molecular formula is C14H20N2O2. The van der Waals surface area contributed by atoms with Gasteiger partial charge >= 0.3 is 0 Å². The minimum Gasteiger partial charge on any atom is -0.399 e. The van der Waals surface area contributed by atoms with Crippen LogP contribution in [0.5, 0.6) is 0 Å². The molecule has 1 aliphatic carbocycles. The van der Waals surface area contributed by atoms with Gasteiger partial charge in [-0.3, -0.25) is 4.79 Å². The minimum atomic E-state index is -0.157. The first-order valence-corrected chi connectivity index (χ1v) is 6.31. The van der Waals surface area contributed by atoms with Crippen molar-refractivity contribution in [3.63, 3.8) is 0 Å². The van der Waals surface area contributed by atoms with Crippen LogP contribution in [0.15, 0.2) is 24.3 Å². The number of hydrogen-bond acceptors (Lipinski definition) is 3. The zero-order valence-electron chi connectivity index (χ0n) is 10.7. The smallest absolute Gasteiger partial charge is 0.226 e. The van der Waals surface area contributed by atoms with Crippen molar-refractivity contribution in [1.29, 1.82) is 0 Å². The van der Waals surface area contributed by atoms with Gasteiger partial charge in [-0.05, 0) is 36.5 Å². The molecule has 0 spiro atoms. The molecule has 1 saturated carbocycles. The third-order valence-corrected chi connectivity index (χ3v) is 3.50. The largest absolute Gasteiger partial charge is 0.399 e. The summed E-state index contributed by atoms with van der Waals surface area (Å²) in [6, 6.07) is 7.39. The Hall–Kier alpha value is -1.55. The summed E-state index contributed by atoms with van der Waals surface area (Å²) in [5, 5.41) is 9.22. The molecule has 0 atom stereocenters. The summed E-state index contributed by atoms with van der Waals surface area (Å²) >= 11 is 0. The summed E-state index contributed by atoms with van der Waals surface area (Å²) in [7, 11) is 1.82. The van der Waals surface area contributed by atoms with Crippen molar-refractivity contribution < 1.29 is 9.90 Å². The highest BCUT2D eigenvalue weighted by Crippen LogP contribution is 2.27. The van der Waals surface area contributed by atoms with E-state index in [1.165, 1.54) is 0 Å². The van der Waals surface area contributed by atoms with Gasteiger partial charge in [-0.1, -0.05) is 12.1 Å². The van der Waals surface area contributed by atoms with Gasteiger partial charge in [-0.2, -0.15) is 0 Å². The lowest BCUT2D eigenvalue weighted by Gasteiger charge is -2.34. The van der Waals surface area contributed by atoms with Crippen molar-refractivity contribution in [2.75, 3.05) is 19.3 Å². The highest BCUT2D eigenvalue weighted by molar-refractivity contribution is 5.78. The van der Waals surface area contributed by atoms with E-state index in [4.69, 9.17) is 5.73 Å². The first-order chi connectivity index (χ1) is 8.54. The van der Waals surface area contributed by atoms with Crippen molar-refractivity contribution in [1.82, 2.24) is 4.90 Å². The Morgan fingerprint density at radius 3 is 2.56 bits per heavy atom. The molecule has 1 aromatic carbocycles. The molecule has 1 aliphatic rings. The monoisotopic (exact) mass is 248 g/mol. The Morgan fingerprint density at radius 2 is 2.00 bits per heavy atom. The molecule has 2 rings (SSSR count). The Morgan fingerprint density at radius 1 is 1.39 bits per heavy atom. The third kappa shape index (κ3) is 3.23. The zero-order valence-corrected chi connectivity index (χ0v) is 10.7. The number of benzene rings is 1. The topological polar surface area (TPSA) is 66.6 Å². The number of nitrogen functional groups attached to an aromatic ring is 1. The Balaban J connectivity index is 1.81. The first-order valence-electron chi connectivity index (χ1n) is 6.31. The predicted octanol–water partition coefficient (Wildman–Crippen LogP) is 1.04. The highest BCUT2D eigenvalue weighted by Gasteiger charge is 2.28. The normalized spacial score (nSPS) is 22.3. The van der Waals surface area contributed by atoms with Gasteiger partial charge in [0.25, 0.3) is 0 Å². The molecule has 0 aromatic heterocycles. The maximum absolute atomic E-state index is 12.0. The molecule has 18 heavy (non-hydrogen) atoms. The van der Waals surface area contributed by atoms with Crippen molar-refractivity contribution >= 4 is 11.6 Å². The van der Waals surface area contributed by atoms with Crippen molar-refractivity contribution in [2.24, 2.45) is 5.92 Å². The summed E-state index contributed by atoms with van der Waals surface area (Å²) < 4.78 is 0. The van der Waals surface area contributed by atoms with Crippen molar-refractivity contribution in [3.05, 3.63) is 29.8 Å². The lowest BCUT2D eigenvalue weighted by atomic mass is 9.82. The number of likely N-dealkylation sites (N-methyl/N-ethyl adjacent to an activating group) is 1. The number of aliphatic hydroxyl groups excluding tert-OH is 1. The van der Waals surface area contributed by atoms with Crippen LogP contribution in [0.1, 0.15) is 18.4 Å². The van der Waals surface area contributed by atoms with Crippen LogP contribution < -0.4 is 5.73 Å². The lowest BCUT2D eigenvalue weighted by Crippen LogP contribution is -2.40. The van der Waals surface area contributed by atoms with E-state index < -0.39 is 0 Å². The molecule has 1 amide bonds. The molecule has 98 valence electrons. The number of nitrogens with zero attached hydrogens (tertiary/aromatic N) is 1. The van der Waals surface area contributed by atoms with E-state index in [-0.39, 0.29) is 12.0 Å². The predicted molar refractivity (Wildman–Crippen MR) is 70.9 cm³/mol. The SMILES string of the molecule is CN(CC1CC(O)C1)C(=O)Cc1ccc(N)cc1. The number of hydrogen-bond donors (Lipinski definition) is 2. The summed E-state index contributed by atoms with van der Waals surface area (Å²) in [6.07, 6.45) is 1.89. The van der Waals surface area contributed by atoms with Crippen LogP contribution >= 0.6 is 0 Å². The van der Waals surface area contributed by atoms with Crippen LogP contribution in [-0.4, -0.2) is 35.6 Å². The average Bonchev–Trinajstić information content (AvgIpc) is 2.30. The fourth-order valence-corrected chi connectivity index (χ4v) is 2.28. The molecule has 3 N–H and O–H groups in total. The Labute approximate surface area is 107 Å². The van der Waals surface area contributed by atoms with Gasteiger partial charge in [0, 0.05) is 19.3 Å². The number of aliphatic hydroxyl groups is 1. The van der Waals surface area contributed by atoms with Gasteiger partial charge in [0.15, 0.2) is 0 Å².